The molecule has 140 valence electrons. The lowest BCUT2D eigenvalue weighted by atomic mass is 10.0. The molecule has 28 heavy (non-hydrogen) atoms. The Morgan fingerprint density at radius 3 is 1.36 bits per heavy atom. The van der Waals surface area contributed by atoms with Crippen LogP contribution in [0.5, 0.6) is 11.5 Å². The Labute approximate surface area is 161 Å². The number of carbonyl (C=O) groups excluding carboxylic acids is 3. The highest BCUT2D eigenvalue weighted by Crippen LogP contribution is 2.18. The van der Waals surface area contributed by atoms with Crippen molar-refractivity contribution in [1.82, 2.24) is 0 Å². The minimum atomic E-state index is -0.937. The molecule has 0 spiro atoms. The molecule has 7 heteroatoms. The fourth-order valence-electron chi connectivity index (χ4n) is 1.97. The van der Waals surface area contributed by atoms with Crippen molar-refractivity contribution in [2.24, 2.45) is 0 Å². The van der Waals surface area contributed by atoms with Crippen LogP contribution in [0.4, 0.5) is 9.59 Å². The predicted molar refractivity (Wildman–Crippen MR) is 97.9 cm³/mol. The number of benzene rings is 2. The third-order valence-corrected chi connectivity index (χ3v) is 3.18. The van der Waals surface area contributed by atoms with Gasteiger partial charge < -0.3 is 18.9 Å². The number of terminal acetylenes is 2. The average Bonchev–Trinajstić information content (AvgIpc) is 2.71. The zero-order valence-corrected chi connectivity index (χ0v) is 14.5. The molecule has 0 radical (unpaired) electrons. The Balaban J connectivity index is 1.98. The van der Waals surface area contributed by atoms with E-state index in [0.29, 0.717) is 11.1 Å². The highest BCUT2D eigenvalue weighted by atomic mass is 16.7. The maximum absolute atomic E-state index is 12.5. The van der Waals surface area contributed by atoms with E-state index in [2.05, 4.69) is 21.3 Å². The maximum atomic E-state index is 12.5. The summed E-state index contributed by atoms with van der Waals surface area (Å²) in [6.07, 6.45) is 8.07. The Bertz CT molecular complexity index is 851. The summed E-state index contributed by atoms with van der Waals surface area (Å²) in [6.45, 7) is -0.395. The van der Waals surface area contributed by atoms with Crippen molar-refractivity contribution in [2.75, 3.05) is 13.2 Å². The first-order chi connectivity index (χ1) is 13.5. The van der Waals surface area contributed by atoms with Gasteiger partial charge in [0.05, 0.1) is 0 Å². The SMILES string of the molecule is C#CCOC(=O)Oc1ccc(C(=O)c2ccc(OC(=O)OCC#C)cc2)cc1. The summed E-state index contributed by atoms with van der Waals surface area (Å²) in [5.41, 5.74) is 0.734. The van der Waals surface area contributed by atoms with E-state index < -0.39 is 12.3 Å². The molecule has 2 aromatic rings. The second-order valence-corrected chi connectivity index (χ2v) is 5.07. The largest absolute Gasteiger partial charge is 0.514 e. The van der Waals surface area contributed by atoms with Gasteiger partial charge in [-0.2, -0.15) is 0 Å². The second-order valence-electron chi connectivity index (χ2n) is 5.07. The number of ketones is 1. The summed E-state index contributed by atoms with van der Waals surface area (Å²) in [7, 11) is 0. The lowest BCUT2D eigenvalue weighted by Crippen LogP contribution is -2.11. The molecule has 0 aliphatic rings. The number of hydrogen-bond acceptors (Lipinski definition) is 7. The second kappa shape index (κ2) is 10.0. The Morgan fingerprint density at radius 2 is 1.04 bits per heavy atom. The normalized spacial score (nSPS) is 9.36. The van der Waals surface area contributed by atoms with E-state index in [4.69, 9.17) is 22.3 Å². The molecule has 0 aliphatic carbocycles. The van der Waals surface area contributed by atoms with Gasteiger partial charge in [-0.1, -0.05) is 11.8 Å². The molecule has 0 bridgehead atoms. The van der Waals surface area contributed by atoms with Crippen molar-refractivity contribution in [3.63, 3.8) is 0 Å². The Kier molecular flexibility index (Phi) is 7.21. The number of carbonyl (C=O) groups is 3. The monoisotopic (exact) mass is 378 g/mol. The molecular formula is C21H14O7. The number of hydrogen-bond donors (Lipinski definition) is 0. The van der Waals surface area contributed by atoms with Crippen LogP contribution in [0.3, 0.4) is 0 Å². The molecule has 2 rings (SSSR count). The van der Waals surface area contributed by atoms with Crippen molar-refractivity contribution in [3.8, 4) is 36.2 Å². The van der Waals surface area contributed by atoms with Gasteiger partial charge in [0.2, 0.25) is 0 Å². The van der Waals surface area contributed by atoms with E-state index in [9.17, 15) is 14.4 Å². The Morgan fingerprint density at radius 1 is 0.679 bits per heavy atom. The van der Waals surface area contributed by atoms with Crippen LogP contribution in [0, 0.1) is 24.7 Å². The quantitative estimate of drug-likeness (QED) is 0.330. The van der Waals surface area contributed by atoms with Crippen LogP contribution in [-0.2, 0) is 9.47 Å². The molecule has 0 heterocycles. The van der Waals surface area contributed by atoms with Crippen LogP contribution < -0.4 is 9.47 Å². The van der Waals surface area contributed by atoms with Crippen LogP contribution in [-0.4, -0.2) is 31.3 Å². The van der Waals surface area contributed by atoms with E-state index in [1.807, 2.05) is 0 Å². The Hall–Kier alpha value is -4.23. The van der Waals surface area contributed by atoms with Gasteiger partial charge in [0.1, 0.15) is 11.5 Å². The van der Waals surface area contributed by atoms with Gasteiger partial charge in [-0.15, -0.1) is 12.8 Å². The molecule has 0 saturated carbocycles. The molecule has 0 aliphatic heterocycles. The maximum Gasteiger partial charge on any atom is 0.514 e. The molecular weight excluding hydrogens is 364 g/mol. The third-order valence-electron chi connectivity index (χ3n) is 3.18. The minimum Gasteiger partial charge on any atom is -0.421 e. The zero-order chi connectivity index (χ0) is 20.4. The lowest BCUT2D eigenvalue weighted by Gasteiger charge is -2.06. The topological polar surface area (TPSA) is 88.1 Å². The summed E-state index contributed by atoms with van der Waals surface area (Å²) in [5.74, 6) is 4.41. The van der Waals surface area contributed by atoms with Gasteiger partial charge in [-0.25, -0.2) is 9.59 Å². The zero-order valence-electron chi connectivity index (χ0n) is 14.5. The van der Waals surface area contributed by atoms with Crippen molar-refractivity contribution in [3.05, 3.63) is 59.7 Å². The molecule has 0 aromatic heterocycles. The van der Waals surface area contributed by atoms with Gasteiger partial charge >= 0.3 is 12.3 Å². The van der Waals surface area contributed by atoms with E-state index in [-0.39, 0.29) is 30.5 Å². The molecule has 0 amide bonds. The number of rotatable bonds is 6. The molecule has 0 saturated heterocycles. The van der Waals surface area contributed by atoms with Gasteiger partial charge in [0, 0.05) is 11.1 Å². The lowest BCUT2D eigenvalue weighted by molar-refractivity contribution is 0.103. The van der Waals surface area contributed by atoms with Crippen molar-refractivity contribution < 1.29 is 33.3 Å². The first-order valence-electron chi connectivity index (χ1n) is 7.84. The minimum absolute atomic E-state index is 0.198. The molecule has 2 aromatic carbocycles. The summed E-state index contributed by atoms with van der Waals surface area (Å²) < 4.78 is 19.0. The highest BCUT2D eigenvalue weighted by Gasteiger charge is 2.12. The fourth-order valence-corrected chi connectivity index (χ4v) is 1.97. The summed E-state index contributed by atoms with van der Waals surface area (Å²) in [5, 5.41) is 0. The predicted octanol–water partition coefficient (Wildman–Crippen LogP) is 3.21. The van der Waals surface area contributed by atoms with Crippen LogP contribution in [0.1, 0.15) is 15.9 Å². The average molecular weight is 378 g/mol. The van der Waals surface area contributed by atoms with Crippen LogP contribution in [0.25, 0.3) is 0 Å². The first-order valence-corrected chi connectivity index (χ1v) is 7.84. The molecule has 0 fully saturated rings. The van der Waals surface area contributed by atoms with Crippen LogP contribution in [0.2, 0.25) is 0 Å². The molecule has 0 unspecified atom stereocenters. The smallest absolute Gasteiger partial charge is 0.421 e. The molecule has 0 N–H and O–H groups in total. The van der Waals surface area contributed by atoms with Gasteiger partial charge in [0.15, 0.2) is 19.0 Å². The number of ether oxygens (including phenoxy) is 4. The van der Waals surface area contributed by atoms with Crippen LogP contribution >= 0.6 is 0 Å². The molecule has 0 atom stereocenters. The van der Waals surface area contributed by atoms with Crippen LogP contribution in [0.15, 0.2) is 48.5 Å². The van der Waals surface area contributed by atoms with Gasteiger partial charge in [-0.05, 0) is 48.5 Å². The fraction of sp³-hybridized carbons (Fsp3) is 0.0952. The van der Waals surface area contributed by atoms with Gasteiger partial charge in [-0.3, -0.25) is 4.79 Å². The third kappa shape index (κ3) is 5.94. The van der Waals surface area contributed by atoms with E-state index in [1.54, 1.807) is 0 Å². The highest BCUT2D eigenvalue weighted by molar-refractivity contribution is 6.09. The van der Waals surface area contributed by atoms with Crippen molar-refractivity contribution >= 4 is 18.1 Å². The molecule has 7 nitrogen and oxygen atoms in total. The van der Waals surface area contributed by atoms with Gasteiger partial charge in [0.25, 0.3) is 0 Å². The summed E-state index contributed by atoms with van der Waals surface area (Å²) >= 11 is 0. The summed E-state index contributed by atoms with van der Waals surface area (Å²) in [6, 6.07) is 11.8. The standard InChI is InChI=1S/C21H14O7/c1-3-13-25-20(23)27-17-9-5-15(6-10-17)19(22)16-7-11-18(12-8-16)28-21(24)26-14-4-2/h1-2,5-12H,13-14H2. The summed E-state index contributed by atoms with van der Waals surface area (Å²) in [4.78, 5) is 35.1. The van der Waals surface area contributed by atoms with E-state index >= 15 is 0 Å². The van der Waals surface area contributed by atoms with E-state index in [1.165, 1.54) is 48.5 Å². The van der Waals surface area contributed by atoms with E-state index in [0.717, 1.165) is 0 Å². The first kappa shape index (κ1) is 20.1. The van der Waals surface area contributed by atoms with Crippen molar-refractivity contribution in [2.45, 2.75) is 0 Å². The van der Waals surface area contributed by atoms with Crippen molar-refractivity contribution in [1.29, 1.82) is 0 Å².